The lowest BCUT2D eigenvalue weighted by Gasteiger charge is -2.17. The number of aromatic nitrogens is 1. The Morgan fingerprint density at radius 1 is 1.42 bits per heavy atom. The van der Waals surface area contributed by atoms with Crippen molar-refractivity contribution in [1.29, 1.82) is 0 Å². The summed E-state index contributed by atoms with van der Waals surface area (Å²) in [5.41, 5.74) is 1.74. The summed E-state index contributed by atoms with van der Waals surface area (Å²) in [6.07, 6.45) is 2.62. The summed E-state index contributed by atoms with van der Waals surface area (Å²) in [6.45, 7) is 2.39. The molecule has 1 saturated heterocycles. The summed E-state index contributed by atoms with van der Waals surface area (Å²) in [5, 5.41) is 13.2. The molecule has 3 N–H and O–H groups in total. The van der Waals surface area contributed by atoms with Crippen LogP contribution < -0.4 is 14.3 Å². The SMILES string of the molecule is CCc1ccnc(NCc2cc(O)c(N3CC(=O)NS3)c(F)c2)c1. The normalized spacial score (nSPS) is 13.9. The highest BCUT2D eigenvalue weighted by atomic mass is 32.2. The minimum absolute atomic E-state index is 0.000470. The van der Waals surface area contributed by atoms with Crippen LogP contribution in [0, 0.1) is 5.82 Å². The summed E-state index contributed by atoms with van der Waals surface area (Å²) in [7, 11) is 0. The van der Waals surface area contributed by atoms with Crippen LogP contribution in [0.5, 0.6) is 5.75 Å². The average Bonchev–Trinajstić information content (AvgIpc) is 2.98. The van der Waals surface area contributed by atoms with Gasteiger partial charge in [0.25, 0.3) is 5.91 Å². The number of nitrogens with one attached hydrogen (secondary N) is 2. The second-order valence-electron chi connectivity index (χ2n) is 5.35. The van der Waals surface area contributed by atoms with Gasteiger partial charge in [0.1, 0.15) is 23.8 Å². The van der Waals surface area contributed by atoms with Gasteiger partial charge in [-0.2, -0.15) is 0 Å². The fraction of sp³-hybridized carbons (Fsp3) is 0.250. The highest BCUT2D eigenvalue weighted by Gasteiger charge is 2.26. The number of rotatable bonds is 5. The van der Waals surface area contributed by atoms with Crippen LogP contribution in [0.4, 0.5) is 15.9 Å². The van der Waals surface area contributed by atoms with E-state index in [1.807, 2.05) is 12.1 Å². The number of amides is 1. The number of benzene rings is 1. The first-order valence-corrected chi connectivity index (χ1v) is 8.27. The smallest absolute Gasteiger partial charge is 0.251 e. The number of hydrogen-bond donors (Lipinski definition) is 3. The van der Waals surface area contributed by atoms with Crippen LogP contribution in [0.25, 0.3) is 0 Å². The predicted molar refractivity (Wildman–Crippen MR) is 92.1 cm³/mol. The molecule has 1 aromatic carbocycles. The molecular weight excluding hydrogens is 331 g/mol. The van der Waals surface area contributed by atoms with E-state index in [1.54, 1.807) is 6.20 Å². The maximum Gasteiger partial charge on any atom is 0.251 e. The molecule has 0 atom stereocenters. The van der Waals surface area contributed by atoms with Gasteiger partial charge in [-0.15, -0.1) is 0 Å². The van der Waals surface area contributed by atoms with Crippen molar-refractivity contribution in [2.24, 2.45) is 0 Å². The molecule has 2 heterocycles. The number of phenols is 1. The number of nitrogens with zero attached hydrogens (tertiary/aromatic N) is 2. The number of anilines is 2. The summed E-state index contributed by atoms with van der Waals surface area (Å²) < 4.78 is 18.2. The molecular formula is C16H17FN4O2S. The molecule has 3 rings (SSSR count). The molecule has 1 aliphatic rings. The van der Waals surface area contributed by atoms with Gasteiger partial charge in [-0.3, -0.25) is 13.8 Å². The van der Waals surface area contributed by atoms with E-state index in [2.05, 4.69) is 21.9 Å². The second-order valence-corrected chi connectivity index (χ2v) is 6.18. The van der Waals surface area contributed by atoms with Crippen molar-refractivity contribution in [1.82, 2.24) is 9.71 Å². The van der Waals surface area contributed by atoms with Gasteiger partial charge in [0.15, 0.2) is 5.82 Å². The first-order chi connectivity index (χ1) is 11.6. The third kappa shape index (κ3) is 3.53. The monoisotopic (exact) mass is 348 g/mol. The quantitative estimate of drug-likeness (QED) is 0.721. The van der Waals surface area contributed by atoms with Gasteiger partial charge >= 0.3 is 0 Å². The molecule has 0 aliphatic carbocycles. The van der Waals surface area contributed by atoms with Gasteiger partial charge in [0, 0.05) is 12.7 Å². The Morgan fingerprint density at radius 2 is 2.25 bits per heavy atom. The van der Waals surface area contributed by atoms with Crippen LogP contribution in [0.15, 0.2) is 30.5 Å². The Hall–Kier alpha value is -2.48. The first kappa shape index (κ1) is 16.4. The van der Waals surface area contributed by atoms with E-state index in [-0.39, 0.29) is 23.9 Å². The van der Waals surface area contributed by atoms with Crippen LogP contribution in [-0.2, 0) is 17.8 Å². The zero-order valence-corrected chi connectivity index (χ0v) is 13.9. The molecule has 6 nitrogen and oxygen atoms in total. The topological polar surface area (TPSA) is 77.5 Å². The number of carbonyl (C=O) groups excluding carboxylic acids is 1. The molecule has 1 amide bonds. The zero-order valence-electron chi connectivity index (χ0n) is 13.0. The lowest BCUT2D eigenvalue weighted by Crippen LogP contribution is -2.16. The van der Waals surface area contributed by atoms with Gasteiger partial charge in [-0.1, -0.05) is 6.92 Å². The van der Waals surface area contributed by atoms with Crippen molar-refractivity contribution in [3.63, 3.8) is 0 Å². The minimum Gasteiger partial charge on any atom is -0.506 e. The standard InChI is InChI=1S/C16H17FN4O2S/c1-2-10-3-4-18-14(7-10)19-8-11-5-12(17)16(13(22)6-11)21-9-15(23)20-24-21/h3-7,22H,2,8-9H2,1H3,(H,18,19)(H,20,23). The molecule has 1 fully saturated rings. The van der Waals surface area contributed by atoms with Gasteiger partial charge in [0.05, 0.1) is 12.1 Å². The van der Waals surface area contributed by atoms with Gasteiger partial charge in [-0.05, 0) is 41.8 Å². The first-order valence-electron chi connectivity index (χ1n) is 7.50. The Bertz CT molecular complexity index is 748. The van der Waals surface area contributed by atoms with Crippen LogP contribution in [-0.4, -0.2) is 22.5 Å². The molecule has 8 heteroatoms. The van der Waals surface area contributed by atoms with Crippen molar-refractivity contribution in [2.45, 2.75) is 19.9 Å². The number of hydrogen-bond acceptors (Lipinski definition) is 6. The van der Waals surface area contributed by atoms with Gasteiger partial charge in [0.2, 0.25) is 0 Å². The van der Waals surface area contributed by atoms with E-state index >= 15 is 0 Å². The van der Waals surface area contributed by atoms with Crippen molar-refractivity contribution < 1.29 is 14.3 Å². The van der Waals surface area contributed by atoms with E-state index in [4.69, 9.17) is 0 Å². The Morgan fingerprint density at radius 3 is 2.92 bits per heavy atom. The number of halogens is 1. The van der Waals surface area contributed by atoms with E-state index < -0.39 is 5.82 Å². The van der Waals surface area contributed by atoms with Crippen molar-refractivity contribution in [3.05, 3.63) is 47.4 Å². The van der Waals surface area contributed by atoms with Crippen molar-refractivity contribution in [3.8, 4) is 5.75 Å². The Balaban J connectivity index is 1.74. The molecule has 24 heavy (non-hydrogen) atoms. The predicted octanol–water partition coefficient (Wildman–Crippen LogP) is 2.60. The molecule has 1 aromatic heterocycles. The minimum atomic E-state index is -0.578. The number of phenolic OH excluding ortho intramolecular Hbond substituents is 1. The fourth-order valence-corrected chi connectivity index (χ4v) is 3.13. The molecule has 0 saturated carbocycles. The van der Waals surface area contributed by atoms with Crippen LogP contribution in [0.2, 0.25) is 0 Å². The van der Waals surface area contributed by atoms with E-state index in [0.29, 0.717) is 17.9 Å². The van der Waals surface area contributed by atoms with E-state index in [0.717, 1.165) is 24.1 Å². The highest BCUT2D eigenvalue weighted by molar-refractivity contribution is 7.99. The molecule has 126 valence electrons. The number of aryl methyl sites for hydroxylation is 1. The summed E-state index contributed by atoms with van der Waals surface area (Å²) in [5.74, 6) is -0.313. The number of aromatic hydroxyl groups is 1. The number of pyridine rings is 1. The van der Waals surface area contributed by atoms with Crippen LogP contribution >= 0.6 is 12.1 Å². The maximum atomic E-state index is 14.3. The third-order valence-electron chi connectivity index (χ3n) is 3.62. The second kappa shape index (κ2) is 6.96. The summed E-state index contributed by atoms with van der Waals surface area (Å²) in [6, 6.07) is 6.70. The molecule has 0 spiro atoms. The van der Waals surface area contributed by atoms with Gasteiger partial charge < -0.3 is 10.4 Å². The highest BCUT2D eigenvalue weighted by Crippen LogP contribution is 2.36. The molecule has 1 aliphatic heterocycles. The molecule has 0 bridgehead atoms. The van der Waals surface area contributed by atoms with E-state index in [1.165, 1.54) is 16.4 Å². The third-order valence-corrected chi connectivity index (χ3v) is 4.47. The molecule has 0 unspecified atom stereocenters. The summed E-state index contributed by atoms with van der Waals surface area (Å²) >= 11 is 0.960. The van der Waals surface area contributed by atoms with Gasteiger partial charge in [-0.25, -0.2) is 9.37 Å². The lowest BCUT2D eigenvalue weighted by molar-refractivity contribution is -0.117. The summed E-state index contributed by atoms with van der Waals surface area (Å²) in [4.78, 5) is 15.4. The average molecular weight is 348 g/mol. The van der Waals surface area contributed by atoms with Crippen LogP contribution in [0.1, 0.15) is 18.1 Å². The van der Waals surface area contributed by atoms with Crippen molar-refractivity contribution in [2.75, 3.05) is 16.2 Å². The molecule has 0 radical (unpaired) electrons. The molecule has 2 aromatic rings. The zero-order chi connectivity index (χ0) is 17.1. The van der Waals surface area contributed by atoms with Crippen molar-refractivity contribution >= 4 is 29.5 Å². The fourth-order valence-electron chi connectivity index (χ4n) is 2.40. The Labute approximate surface area is 143 Å². The number of carbonyl (C=O) groups is 1. The van der Waals surface area contributed by atoms with E-state index in [9.17, 15) is 14.3 Å². The lowest BCUT2D eigenvalue weighted by atomic mass is 10.1. The maximum absolute atomic E-state index is 14.3. The largest absolute Gasteiger partial charge is 0.506 e. The Kier molecular flexibility index (Phi) is 4.75. The van der Waals surface area contributed by atoms with Crippen LogP contribution in [0.3, 0.4) is 0 Å².